The van der Waals surface area contributed by atoms with Gasteiger partial charge in [0, 0.05) is 24.5 Å². The van der Waals surface area contributed by atoms with Crippen LogP contribution < -0.4 is 10.1 Å². The molecule has 0 spiro atoms. The van der Waals surface area contributed by atoms with Crippen molar-refractivity contribution < 1.29 is 22.7 Å². The third-order valence-corrected chi connectivity index (χ3v) is 6.99. The summed E-state index contributed by atoms with van der Waals surface area (Å²) in [5.41, 5.74) is 0.942. The Labute approximate surface area is 182 Å². The SMILES string of the molecule is O=C(CCc1ccccc1Cl)NCCOc1ccc(S(=O)(=O)N2CCOCC2)cc1. The highest BCUT2D eigenvalue weighted by molar-refractivity contribution is 7.89. The number of aryl methyl sites for hydroxylation is 1. The minimum absolute atomic E-state index is 0.0783. The lowest BCUT2D eigenvalue weighted by atomic mass is 10.1. The number of ether oxygens (including phenoxy) is 2. The van der Waals surface area contributed by atoms with Gasteiger partial charge in [0.25, 0.3) is 0 Å². The van der Waals surface area contributed by atoms with Crippen LogP contribution in [0.25, 0.3) is 0 Å². The second-order valence-electron chi connectivity index (χ2n) is 6.78. The molecule has 0 bridgehead atoms. The van der Waals surface area contributed by atoms with Gasteiger partial charge < -0.3 is 14.8 Å². The van der Waals surface area contributed by atoms with Gasteiger partial charge in [-0.1, -0.05) is 29.8 Å². The lowest BCUT2D eigenvalue weighted by Crippen LogP contribution is -2.40. The van der Waals surface area contributed by atoms with Gasteiger partial charge in [0.2, 0.25) is 15.9 Å². The molecule has 0 atom stereocenters. The fourth-order valence-corrected chi connectivity index (χ4v) is 4.68. The zero-order chi connectivity index (χ0) is 21.4. The van der Waals surface area contributed by atoms with Crippen molar-refractivity contribution in [2.45, 2.75) is 17.7 Å². The van der Waals surface area contributed by atoms with Crippen molar-refractivity contribution in [2.75, 3.05) is 39.5 Å². The number of carbonyl (C=O) groups excluding carboxylic acids is 1. The molecule has 0 saturated carbocycles. The molecule has 162 valence electrons. The number of benzene rings is 2. The van der Waals surface area contributed by atoms with Crippen molar-refractivity contribution in [1.29, 1.82) is 0 Å². The standard InChI is InChI=1S/C21H25ClN2O5S/c22-20-4-2-1-3-17(20)5-10-21(25)23-11-14-29-18-6-8-19(9-7-18)30(26,27)24-12-15-28-16-13-24/h1-4,6-9H,5,10-16H2,(H,23,25). The van der Waals surface area contributed by atoms with Crippen LogP contribution >= 0.6 is 11.6 Å². The van der Waals surface area contributed by atoms with E-state index in [2.05, 4.69) is 5.32 Å². The smallest absolute Gasteiger partial charge is 0.243 e. The van der Waals surface area contributed by atoms with Crippen LogP contribution in [0.1, 0.15) is 12.0 Å². The van der Waals surface area contributed by atoms with Crippen LogP contribution in [0.5, 0.6) is 5.75 Å². The number of amides is 1. The molecule has 0 aromatic heterocycles. The first kappa shape index (κ1) is 22.6. The van der Waals surface area contributed by atoms with Gasteiger partial charge in [0.1, 0.15) is 12.4 Å². The maximum absolute atomic E-state index is 12.6. The number of halogens is 1. The number of carbonyl (C=O) groups is 1. The molecule has 0 unspecified atom stereocenters. The average Bonchev–Trinajstić information content (AvgIpc) is 2.77. The third-order valence-electron chi connectivity index (χ3n) is 4.70. The number of rotatable bonds is 9. The molecular formula is C21H25ClN2O5S. The number of nitrogens with zero attached hydrogens (tertiary/aromatic N) is 1. The van der Waals surface area contributed by atoms with Gasteiger partial charge in [0.15, 0.2) is 0 Å². The zero-order valence-electron chi connectivity index (χ0n) is 16.6. The first-order chi connectivity index (χ1) is 14.5. The first-order valence-corrected chi connectivity index (χ1v) is 11.6. The van der Waals surface area contributed by atoms with Crippen molar-refractivity contribution in [3.8, 4) is 5.75 Å². The summed E-state index contributed by atoms with van der Waals surface area (Å²) in [5.74, 6) is 0.465. The van der Waals surface area contributed by atoms with Crippen LogP contribution in [0.4, 0.5) is 0 Å². The molecule has 1 N–H and O–H groups in total. The lowest BCUT2D eigenvalue weighted by Gasteiger charge is -2.26. The largest absolute Gasteiger partial charge is 0.492 e. The Balaban J connectivity index is 1.40. The first-order valence-electron chi connectivity index (χ1n) is 9.78. The number of morpholine rings is 1. The van der Waals surface area contributed by atoms with E-state index in [1.54, 1.807) is 18.2 Å². The number of hydrogen-bond acceptors (Lipinski definition) is 5. The Bertz CT molecular complexity index is 944. The van der Waals surface area contributed by atoms with E-state index < -0.39 is 10.0 Å². The summed E-state index contributed by atoms with van der Waals surface area (Å²) in [6.45, 7) is 2.17. The molecule has 1 amide bonds. The van der Waals surface area contributed by atoms with Gasteiger partial charge in [-0.25, -0.2) is 8.42 Å². The van der Waals surface area contributed by atoms with Gasteiger partial charge in [-0.05, 0) is 42.3 Å². The molecule has 1 fully saturated rings. The maximum atomic E-state index is 12.6. The van der Waals surface area contributed by atoms with E-state index in [4.69, 9.17) is 21.1 Å². The minimum Gasteiger partial charge on any atom is -0.492 e. The van der Waals surface area contributed by atoms with Crippen LogP contribution in [-0.2, 0) is 26.0 Å². The maximum Gasteiger partial charge on any atom is 0.243 e. The normalized spacial score (nSPS) is 15.0. The Kier molecular flexibility index (Phi) is 8.09. The predicted octanol–water partition coefficient (Wildman–Crippen LogP) is 2.49. The Morgan fingerprint density at radius 2 is 1.80 bits per heavy atom. The molecule has 1 aliphatic rings. The summed E-state index contributed by atoms with van der Waals surface area (Å²) in [4.78, 5) is 12.2. The van der Waals surface area contributed by atoms with Gasteiger partial charge in [-0.3, -0.25) is 4.79 Å². The molecule has 30 heavy (non-hydrogen) atoms. The molecule has 1 saturated heterocycles. The quantitative estimate of drug-likeness (QED) is 0.591. The summed E-state index contributed by atoms with van der Waals surface area (Å²) in [5, 5.41) is 3.46. The fourth-order valence-electron chi connectivity index (χ4n) is 3.04. The van der Waals surface area contributed by atoms with Gasteiger partial charge in [-0.15, -0.1) is 0 Å². The van der Waals surface area contributed by atoms with Gasteiger partial charge >= 0.3 is 0 Å². The molecule has 2 aromatic carbocycles. The van der Waals surface area contributed by atoms with E-state index in [9.17, 15) is 13.2 Å². The molecule has 7 nitrogen and oxygen atoms in total. The topological polar surface area (TPSA) is 84.9 Å². The number of sulfonamides is 1. The van der Waals surface area contributed by atoms with Crippen LogP contribution in [0, 0.1) is 0 Å². The average molecular weight is 453 g/mol. The predicted molar refractivity (Wildman–Crippen MR) is 114 cm³/mol. The van der Waals surface area contributed by atoms with Crippen LogP contribution in [0.15, 0.2) is 53.4 Å². The second-order valence-corrected chi connectivity index (χ2v) is 9.12. The van der Waals surface area contributed by atoms with Gasteiger partial charge in [0.05, 0.1) is 24.7 Å². The summed E-state index contributed by atoms with van der Waals surface area (Å²) in [6, 6.07) is 13.8. The molecule has 9 heteroatoms. The van der Waals surface area contributed by atoms with Crippen molar-refractivity contribution in [1.82, 2.24) is 9.62 Å². The fraction of sp³-hybridized carbons (Fsp3) is 0.381. The molecule has 3 rings (SSSR count). The van der Waals surface area contributed by atoms with Crippen molar-refractivity contribution in [2.24, 2.45) is 0 Å². The molecule has 0 radical (unpaired) electrons. The van der Waals surface area contributed by atoms with E-state index in [0.29, 0.717) is 56.5 Å². The summed E-state index contributed by atoms with van der Waals surface area (Å²) in [6.07, 6.45) is 0.920. The van der Waals surface area contributed by atoms with Crippen molar-refractivity contribution in [3.05, 3.63) is 59.1 Å². The van der Waals surface area contributed by atoms with Crippen LogP contribution in [0.3, 0.4) is 0 Å². The molecule has 1 aliphatic heterocycles. The molecule has 0 aliphatic carbocycles. The summed E-state index contributed by atoms with van der Waals surface area (Å²) in [7, 11) is -3.52. The molecule has 1 heterocycles. The molecule has 2 aromatic rings. The van der Waals surface area contributed by atoms with Gasteiger partial charge in [-0.2, -0.15) is 4.31 Å². The highest BCUT2D eigenvalue weighted by Crippen LogP contribution is 2.20. The second kappa shape index (κ2) is 10.8. The Hall–Kier alpha value is -2.13. The van der Waals surface area contributed by atoms with Crippen molar-refractivity contribution in [3.63, 3.8) is 0 Å². The lowest BCUT2D eigenvalue weighted by molar-refractivity contribution is -0.121. The number of nitrogens with one attached hydrogen (secondary N) is 1. The molecular weight excluding hydrogens is 428 g/mol. The zero-order valence-corrected chi connectivity index (χ0v) is 18.1. The number of hydrogen-bond donors (Lipinski definition) is 1. The van der Waals surface area contributed by atoms with E-state index in [1.807, 2.05) is 18.2 Å². The Morgan fingerprint density at radius 1 is 1.10 bits per heavy atom. The van der Waals surface area contributed by atoms with Crippen molar-refractivity contribution >= 4 is 27.5 Å². The van der Waals surface area contributed by atoms with Crippen LogP contribution in [-0.4, -0.2) is 58.1 Å². The van der Waals surface area contributed by atoms with E-state index >= 15 is 0 Å². The monoisotopic (exact) mass is 452 g/mol. The van der Waals surface area contributed by atoms with E-state index in [-0.39, 0.29) is 17.4 Å². The van der Waals surface area contributed by atoms with E-state index in [1.165, 1.54) is 16.4 Å². The Morgan fingerprint density at radius 3 is 2.50 bits per heavy atom. The summed E-state index contributed by atoms with van der Waals surface area (Å²) < 4.78 is 37.4. The van der Waals surface area contributed by atoms with Crippen LogP contribution in [0.2, 0.25) is 5.02 Å². The van der Waals surface area contributed by atoms with E-state index in [0.717, 1.165) is 5.56 Å². The third kappa shape index (κ3) is 6.18. The summed E-state index contributed by atoms with van der Waals surface area (Å²) >= 11 is 6.09. The minimum atomic E-state index is -3.52. The highest BCUT2D eigenvalue weighted by atomic mass is 35.5. The highest BCUT2D eigenvalue weighted by Gasteiger charge is 2.26.